The number of esters is 1. The molecule has 0 bridgehead atoms. The van der Waals surface area contributed by atoms with Crippen LogP contribution in [0.5, 0.6) is 5.75 Å². The third-order valence-electron chi connectivity index (χ3n) is 2.44. The van der Waals surface area contributed by atoms with Crippen LogP contribution in [0.15, 0.2) is 48.5 Å². The van der Waals surface area contributed by atoms with Crippen LogP contribution >= 0.6 is 0 Å². The maximum absolute atomic E-state index is 11.8. The van der Waals surface area contributed by atoms with Crippen molar-refractivity contribution in [2.75, 3.05) is 0 Å². The second-order valence-corrected chi connectivity index (χ2v) is 3.71. The minimum atomic E-state index is -0.505. The van der Waals surface area contributed by atoms with Crippen LogP contribution in [0.3, 0.4) is 0 Å². The Hall–Kier alpha value is -3.11. The van der Waals surface area contributed by atoms with Crippen molar-refractivity contribution in [2.45, 2.75) is 0 Å². The Morgan fingerprint density at radius 1 is 0.842 bits per heavy atom. The van der Waals surface area contributed by atoms with Crippen LogP contribution in [-0.2, 0) is 0 Å². The SMILES string of the molecule is N#Cc1ccc(OC(=O)c2ccc(C#N)cc2)cc1. The number of nitriles is 2. The number of benzene rings is 2. The van der Waals surface area contributed by atoms with Gasteiger partial charge in [-0.15, -0.1) is 0 Å². The van der Waals surface area contributed by atoms with Gasteiger partial charge in [0.1, 0.15) is 5.75 Å². The third-order valence-corrected chi connectivity index (χ3v) is 2.44. The summed E-state index contributed by atoms with van der Waals surface area (Å²) >= 11 is 0. The van der Waals surface area contributed by atoms with Crippen LogP contribution in [0.2, 0.25) is 0 Å². The van der Waals surface area contributed by atoms with E-state index in [2.05, 4.69) is 0 Å². The molecule has 0 saturated heterocycles. The van der Waals surface area contributed by atoms with E-state index in [1.165, 1.54) is 12.1 Å². The molecule has 0 atom stereocenters. The summed E-state index contributed by atoms with van der Waals surface area (Å²) in [4.78, 5) is 11.8. The fourth-order valence-corrected chi connectivity index (χ4v) is 1.44. The molecule has 19 heavy (non-hydrogen) atoms. The van der Waals surface area contributed by atoms with Gasteiger partial charge in [-0.2, -0.15) is 10.5 Å². The van der Waals surface area contributed by atoms with Crippen LogP contribution in [-0.4, -0.2) is 5.97 Å². The largest absolute Gasteiger partial charge is 0.423 e. The molecule has 90 valence electrons. The van der Waals surface area contributed by atoms with Gasteiger partial charge in [0.2, 0.25) is 0 Å². The summed E-state index contributed by atoms with van der Waals surface area (Å²) in [6, 6.07) is 16.4. The molecule has 0 aromatic heterocycles. The Kier molecular flexibility index (Phi) is 3.56. The van der Waals surface area contributed by atoms with Crippen molar-refractivity contribution >= 4 is 5.97 Å². The lowest BCUT2D eigenvalue weighted by molar-refractivity contribution is 0.0735. The molecule has 0 N–H and O–H groups in total. The van der Waals surface area contributed by atoms with E-state index < -0.39 is 5.97 Å². The van der Waals surface area contributed by atoms with Crippen molar-refractivity contribution in [1.82, 2.24) is 0 Å². The lowest BCUT2D eigenvalue weighted by atomic mass is 10.1. The van der Waals surface area contributed by atoms with Crippen molar-refractivity contribution in [1.29, 1.82) is 10.5 Å². The highest BCUT2D eigenvalue weighted by atomic mass is 16.5. The lowest BCUT2D eigenvalue weighted by Crippen LogP contribution is -2.08. The molecule has 0 aliphatic rings. The van der Waals surface area contributed by atoms with Crippen molar-refractivity contribution in [3.8, 4) is 17.9 Å². The van der Waals surface area contributed by atoms with Crippen LogP contribution in [0, 0.1) is 22.7 Å². The first-order valence-electron chi connectivity index (χ1n) is 5.45. The van der Waals surface area contributed by atoms with Crippen molar-refractivity contribution in [2.24, 2.45) is 0 Å². The summed E-state index contributed by atoms with van der Waals surface area (Å²) in [5, 5.41) is 17.3. The number of hydrogen-bond acceptors (Lipinski definition) is 4. The zero-order valence-corrected chi connectivity index (χ0v) is 9.83. The number of carbonyl (C=O) groups excluding carboxylic acids is 1. The molecule has 2 aromatic rings. The van der Waals surface area contributed by atoms with E-state index >= 15 is 0 Å². The highest BCUT2D eigenvalue weighted by molar-refractivity contribution is 5.91. The van der Waals surface area contributed by atoms with Crippen molar-refractivity contribution in [3.63, 3.8) is 0 Å². The van der Waals surface area contributed by atoms with E-state index in [9.17, 15) is 4.79 Å². The molecule has 0 unspecified atom stereocenters. The molecule has 0 heterocycles. The van der Waals surface area contributed by atoms with E-state index in [-0.39, 0.29) is 0 Å². The fraction of sp³-hybridized carbons (Fsp3) is 0. The van der Waals surface area contributed by atoms with Crippen LogP contribution < -0.4 is 4.74 Å². The van der Waals surface area contributed by atoms with Crippen LogP contribution in [0.25, 0.3) is 0 Å². The summed E-state index contributed by atoms with van der Waals surface area (Å²) < 4.78 is 5.14. The molecule has 0 fully saturated rings. The number of rotatable bonds is 2. The standard InChI is InChI=1S/C15H8N2O2/c16-9-11-1-5-13(6-2-11)15(18)19-14-7-3-12(10-17)4-8-14/h1-8H. The minimum Gasteiger partial charge on any atom is -0.423 e. The Bertz CT molecular complexity index is 674. The van der Waals surface area contributed by atoms with E-state index in [1.807, 2.05) is 12.1 Å². The second-order valence-electron chi connectivity index (χ2n) is 3.71. The number of hydrogen-bond donors (Lipinski definition) is 0. The maximum atomic E-state index is 11.8. The molecule has 0 radical (unpaired) electrons. The molecule has 0 spiro atoms. The van der Waals surface area contributed by atoms with Gasteiger partial charge in [-0.3, -0.25) is 0 Å². The minimum absolute atomic E-state index is 0.364. The molecule has 0 amide bonds. The number of ether oxygens (including phenoxy) is 1. The molecular weight excluding hydrogens is 240 g/mol. The van der Waals surface area contributed by atoms with Gasteiger partial charge >= 0.3 is 5.97 Å². The predicted molar refractivity (Wildman–Crippen MR) is 67.3 cm³/mol. The monoisotopic (exact) mass is 248 g/mol. The first-order valence-corrected chi connectivity index (χ1v) is 5.45. The molecule has 4 heteroatoms. The van der Waals surface area contributed by atoms with Crippen molar-refractivity contribution < 1.29 is 9.53 Å². The Balaban J connectivity index is 2.11. The molecule has 0 aliphatic carbocycles. The van der Waals surface area contributed by atoms with Gasteiger partial charge in [-0.1, -0.05) is 0 Å². The van der Waals surface area contributed by atoms with Gasteiger partial charge in [0.25, 0.3) is 0 Å². The van der Waals surface area contributed by atoms with Gasteiger partial charge in [-0.05, 0) is 48.5 Å². The predicted octanol–water partition coefficient (Wildman–Crippen LogP) is 2.65. The van der Waals surface area contributed by atoms with Crippen LogP contribution in [0.1, 0.15) is 21.5 Å². The summed E-state index contributed by atoms with van der Waals surface area (Å²) in [7, 11) is 0. The average Bonchev–Trinajstić information content (AvgIpc) is 2.48. The average molecular weight is 248 g/mol. The quantitative estimate of drug-likeness (QED) is 0.604. The first-order chi connectivity index (χ1) is 9.22. The van der Waals surface area contributed by atoms with Gasteiger partial charge < -0.3 is 4.74 Å². The lowest BCUT2D eigenvalue weighted by Gasteiger charge is -2.04. The number of nitrogens with zero attached hydrogens (tertiary/aromatic N) is 2. The molecule has 4 nitrogen and oxygen atoms in total. The Labute approximate surface area is 110 Å². The molecule has 0 saturated carbocycles. The maximum Gasteiger partial charge on any atom is 0.343 e. The highest BCUT2D eigenvalue weighted by Gasteiger charge is 2.08. The van der Waals surface area contributed by atoms with E-state index in [1.54, 1.807) is 36.4 Å². The Morgan fingerprint density at radius 2 is 1.32 bits per heavy atom. The van der Waals surface area contributed by atoms with E-state index in [0.29, 0.717) is 22.4 Å². The first kappa shape index (κ1) is 12.3. The van der Waals surface area contributed by atoms with E-state index in [0.717, 1.165) is 0 Å². The molecule has 2 rings (SSSR count). The molecular formula is C15H8N2O2. The zero-order chi connectivity index (χ0) is 13.7. The summed E-state index contributed by atoms with van der Waals surface area (Å²) in [6.45, 7) is 0. The smallest absolute Gasteiger partial charge is 0.343 e. The van der Waals surface area contributed by atoms with Crippen molar-refractivity contribution in [3.05, 3.63) is 65.2 Å². The van der Waals surface area contributed by atoms with Gasteiger partial charge in [0.15, 0.2) is 0 Å². The number of carbonyl (C=O) groups is 1. The third kappa shape index (κ3) is 2.96. The summed E-state index contributed by atoms with van der Waals surface area (Å²) in [6.07, 6.45) is 0. The van der Waals surface area contributed by atoms with E-state index in [4.69, 9.17) is 15.3 Å². The summed E-state index contributed by atoms with van der Waals surface area (Å²) in [5.74, 6) is -0.137. The molecule has 0 aliphatic heterocycles. The van der Waals surface area contributed by atoms with Gasteiger partial charge in [0.05, 0.1) is 28.8 Å². The highest BCUT2D eigenvalue weighted by Crippen LogP contribution is 2.14. The normalized spacial score (nSPS) is 9.16. The van der Waals surface area contributed by atoms with Gasteiger partial charge in [0, 0.05) is 0 Å². The Morgan fingerprint density at radius 3 is 1.79 bits per heavy atom. The van der Waals surface area contributed by atoms with Gasteiger partial charge in [-0.25, -0.2) is 4.79 Å². The second kappa shape index (κ2) is 5.48. The molecule has 2 aromatic carbocycles. The topological polar surface area (TPSA) is 73.9 Å². The zero-order valence-electron chi connectivity index (χ0n) is 9.83. The summed E-state index contributed by atoms with van der Waals surface area (Å²) in [5.41, 5.74) is 1.34. The fourth-order valence-electron chi connectivity index (χ4n) is 1.44. The van der Waals surface area contributed by atoms with Crippen LogP contribution in [0.4, 0.5) is 0 Å².